The van der Waals surface area contributed by atoms with E-state index in [-0.39, 0.29) is 23.8 Å². The van der Waals surface area contributed by atoms with E-state index in [4.69, 9.17) is 0 Å². The number of hydrogen-bond donors (Lipinski definition) is 1. The van der Waals surface area contributed by atoms with Crippen LogP contribution in [-0.4, -0.2) is 60.4 Å². The molecule has 1 aromatic heterocycles. The molecule has 1 aromatic carbocycles. The van der Waals surface area contributed by atoms with Crippen LogP contribution >= 0.6 is 11.3 Å². The zero-order chi connectivity index (χ0) is 20.3. The molecule has 152 valence electrons. The smallest absolute Gasteiger partial charge is 0.261 e. The van der Waals surface area contributed by atoms with E-state index in [1.807, 2.05) is 44.7 Å². The number of amides is 2. The van der Waals surface area contributed by atoms with Crippen molar-refractivity contribution in [1.82, 2.24) is 15.1 Å². The number of thiophene rings is 1. The molecule has 0 bridgehead atoms. The van der Waals surface area contributed by atoms with E-state index in [0.717, 1.165) is 47.7 Å². The molecule has 2 aromatic rings. The van der Waals surface area contributed by atoms with E-state index < -0.39 is 0 Å². The van der Waals surface area contributed by atoms with Crippen molar-refractivity contribution in [3.8, 4) is 0 Å². The highest BCUT2D eigenvalue weighted by Gasteiger charge is 2.31. The fourth-order valence-electron chi connectivity index (χ4n) is 4.05. The minimum atomic E-state index is 0.0175. The number of carbonyl (C=O) groups excluding carboxylic acids is 2. The van der Waals surface area contributed by atoms with Crippen LogP contribution in [0, 0.1) is 0 Å². The van der Waals surface area contributed by atoms with Gasteiger partial charge in [-0.1, -0.05) is 18.2 Å². The van der Waals surface area contributed by atoms with E-state index in [1.165, 1.54) is 5.39 Å². The second-order valence-electron chi connectivity index (χ2n) is 7.76. The summed E-state index contributed by atoms with van der Waals surface area (Å²) < 4.78 is 1.16. The average molecular weight is 402 g/mol. The van der Waals surface area contributed by atoms with Crippen LogP contribution in [0.25, 0.3) is 10.1 Å². The first kappa shape index (κ1) is 20.8. The van der Waals surface area contributed by atoms with Crippen molar-refractivity contribution in [3.05, 3.63) is 34.7 Å². The maximum atomic E-state index is 12.9. The molecular weight excluding hydrogens is 370 g/mol. The second-order valence-corrected chi connectivity index (χ2v) is 8.81. The Labute approximate surface area is 171 Å². The van der Waals surface area contributed by atoms with Gasteiger partial charge in [0.2, 0.25) is 5.91 Å². The third-order valence-electron chi connectivity index (χ3n) is 5.42. The van der Waals surface area contributed by atoms with E-state index in [2.05, 4.69) is 22.3 Å². The molecule has 1 atom stereocenters. The molecule has 28 heavy (non-hydrogen) atoms. The standard InChI is InChI=1S/C22H31N3O2S/c1-5-25(6-2)19(26)14-24-12-11-16(13-24)20-17-9-7-8-10-18(17)28-21(20)22(27)23-15(3)4/h7-10,15-16H,5-6,11-14H2,1-4H3,(H,23,27). The van der Waals surface area contributed by atoms with E-state index in [9.17, 15) is 9.59 Å². The van der Waals surface area contributed by atoms with Gasteiger partial charge < -0.3 is 10.2 Å². The fraction of sp³-hybridized carbons (Fsp3) is 0.545. The number of nitrogens with one attached hydrogen (secondary N) is 1. The molecule has 1 N–H and O–H groups in total. The topological polar surface area (TPSA) is 52.7 Å². The highest BCUT2D eigenvalue weighted by atomic mass is 32.1. The predicted octanol–water partition coefficient (Wildman–Crippen LogP) is 3.70. The fourth-order valence-corrected chi connectivity index (χ4v) is 5.24. The van der Waals surface area contributed by atoms with E-state index in [1.54, 1.807) is 11.3 Å². The Morgan fingerprint density at radius 2 is 1.96 bits per heavy atom. The summed E-state index contributed by atoms with van der Waals surface area (Å²) in [7, 11) is 0. The number of rotatable bonds is 7. The van der Waals surface area contributed by atoms with Crippen LogP contribution in [-0.2, 0) is 4.79 Å². The molecule has 0 aliphatic carbocycles. The van der Waals surface area contributed by atoms with Crippen LogP contribution in [0.5, 0.6) is 0 Å². The average Bonchev–Trinajstić information content (AvgIpc) is 3.26. The number of likely N-dealkylation sites (tertiary alicyclic amines) is 1. The molecule has 6 heteroatoms. The first-order chi connectivity index (χ1) is 13.4. The lowest BCUT2D eigenvalue weighted by Crippen LogP contribution is -2.39. The Kier molecular flexibility index (Phi) is 6.73. The van der Waals surface area contributed by atoms with Gasteiger partial charge >= 0.3 is 0 Å². The SMILES string of the molecule is CCN(CC)C(=O)CN1CCC(c2c(C(=O)NC(C)C)sc3ccccc23)C1. The zero-order valence-corrected chi connectivity index (χ0v) is 18.1. The number of benzene rings is 1. The lowest BCUT2D eigenvalue weighted by Gasteiger charge is -2.23. The highest BCUT2D eigenvalue weighted by Crippen LogP contribution is 2.40. The first-order valence-corrected chi connectivity index (χ1v) is 11.1. The van der Waals surface area contributed by atoms with Crippen molar-refractivity contribution >= 4 is 33.2 Å². The minimum Gasteiger partial charge on any atom is -0.349 e. The Morgan fingerprint density at radius 1 is 1.25 bits per heavy atom. The van der Waals surface area contributed by atoms with Gasteiger partial charge in [-0.3, -0.25) is 14.5 Å². The summed E-state index contributed by atoms with van der Waals surface area (Å²) in [5, 5.41) is 4.24. The Bertz CT molecular complexity index is 841. The molecule has 1 aliphatic heterocycles. The van der Waals surface area contributed by atoms with Crippen molar-refractivity contribution in [3.63, 3.8) is 0 Å². The van der Waals surface area contributed by atoms with Gasteiger partial charge in [0.15, 0.2) is 0 Å². The third-order valence-corrected chi connectivity index (χ3v) is 6.60. The summed E-state index contributed by atoms with van der Waals surface area (Å²) in [6.45, 7) is 11.7. The summed E-state index contributed by atoms with van der Waals surface area (Å²) in [6.07, 6.45) is 0.980. The molecular formula is C22H31N3O2S. The molecule has 1 aliphatic rings. The number of carbonyl (C=O) groups is 2. The van der Waals surface area contributed by atoms with Gasteiger partial charge in [0.1, 0.15) is 0 Å². The molecule has 0 radical (unpaired) electrons. The van der Waals surface area contributed by atoms with Gasteiger partial charge in [-0.2, -0.15) is 0 Å². The number of likely N-dealkylation sites (N-methyl/N-ethyl adjacent to an activating group) is 1. The van der Waals surface area contributed by atoms with Crippen LogP contribution < -0.4 is 5.32 Å². The van der Waals surface area contributed by atoms with Crippen molar-refractivity contribution in [2.45, 2.75) is 46.1 Å². The van der Waals surface area contributed by atoms with Gasteiger partial charge in [0, 0.05) is 36.3 Å². The largest absolute Gasteiger partial charge is 0.349 e. The number of hydrogen-bond acceptors (Lipinski definition) is 4. The van der Waals surface area contributed by atoms with E-state index >= 15 is 0 Å². The maximum Gasteiger partial charge on any atom is 0.261 e. The lowest BCUT2D eigenvalue weighted by molar-refractivity contribution is -0.131. The second kappa shape index (κ2) is 9.05. The van der Waals surface area contributed by atoms with Crippen molar-refractivity contribution in [2.24, 2.45) is 0 Å². The van der Waals surface area contributed by atoms with Crippen molar-refractivity contribution in [1.29, 1.82) is 0 Å². The van der Waals surface area contributed by atoms with E-state index in [0.29, 0.717) is 6.54 Å². The molecule has 1 fully saturated rings. The van der Waals surface area contributed by atoms with Crippen LogP contribution in [0.2, 0.25) is 0 Å². The maximum absolute atomic E-state index is 12.9. The summed E-state index contributed by atoms with van der Waals surface area (Å²) in [5.41, 5.74) is 1.16. The molecule has 1 saturated heterocycles. The van der Waals surface area contributed by atoms with Gasteiger partial charge in [-0.15, -0.1) is 11.3 Å². The van der Waals surface area contributed by atoms with Crippen LogP contribution in [0.3, 0.4) is 0 Å². The third kappa shape index (κ3) is 4.39. The summed E-state index contributed by atoms with van der Waals surface area (Å²) in [6, 6.07) is 8.39. The number of fused-ring (bicyclic) bond motifs is 1. The molecule has 3 rings (SSSR count). The highest BCUT2D eigenvalue weighted by molar-refractivity contribution is 7.21. The van der Waals surface area contributed by atoms with Crippen LogP contribution in [0.1, 0.15) is 55.3 Å². The van der Waals surface area contributed by atoms with Gasteiger partial charge in [0.05, 0.1) is 11.4 Å². The first-order valence-electron chi connectivity index (χ1n) is 10.3. The quantitative estimate of drug-likeness (QED) is 0.770. The molecule has 2 heterocycles. The Balaban J connectivity index is 1.83. The Hall–Kier alpha value is -1.92. The van der Waals surface area contributed by atoms with Crippen molar-refractivity contribution in [2.75, 3.05) is 32.7 Å². The Morgan fingerprint density at radius 3 is 2.64 bits per heavy atom. The monoisotopic (exact) mass is 401 g/mol. The van der Waals surface area contributed by atoms with Crippen molar-refractivity contribution < 1.29 is 9.59 Å². The molecule has 0 saturated carbocycles. The summed E-state index contributed by atoms with van der Waals surface area (Å²) in [5.74, 6) is 0.496. The normalized spacial score (nSPS) is 17.4. The zero-order valence-electron chi connectivity index (χ0n) is 17.3. The van der Waals surface area contributed by atoms with Gasteiger partial charge in [0.25, 0.3) is 5.91 Å². The molecule has 2 amide bonds. The van der Waals surface area contributed by atoms with Crippen LogP contribution in [0.15, 0.2) is 24.3 Å². The summed E-state index contributed by atoms with van der Waals surface area (Å²) >= 11 is 1.58. The van der Waals surface area contributed by atoms with Gasteiger partial charge in [-0.05, 0) is 57.7 Å². The lowest BCUT2D eigenvalue weighted by atomic mass is 9.95. The summed E-state index contributed by atoms with van der Waals surface area (Å²) in [4.78, 5) is 30.3. The number of nitrogens with zero attached hydrogens (tertiary/aromatic N) is 2. The molecule has 0 spiro atoms. The van der Waals surface area contributed by atoms with Crippen LogP contribution in [0.4, 0.5) is 0 Å². The van der Waals surface area contributed by atoms with Gasteiger partial charge in [-0.25, -0.2) is 0 Å². The molecule has 5 nitrogen and oxygen atoms in total. The molecule has 1 unspecified atom stereocenters. The predicted molar refractivity (Wildman–Crippen MR) is 116 cm³/mol. The minimum absolute atomic E-state index is 0.0175.